The Morgan fingerprint density at radius 1 is 1.33 bits per heavy atom. The third kappa shape index (κ3) is 5.54. The van der Waals surface area contributed by atoms with E-state index in [1.54, 1.807) is 11.3 Å². The summed E-state index contributed by atoms with van der Waals surface area (Å²) in [5.41, 5.74) is 6.29. The Kier molecular flexibility index (Phi) is 6.04. The van der Waals surface area contributed by atoms with E-state index in [1.165, 1.54) is 0 Å². The van der Waals surface area contributed by atoms with Gasteiger partial charge in [-0.05, 0) is 30.8 Å². The SMILES string of the molecule is NCCCCCCC(=O)Nc1ccsc1. The highest BCUT2D eigenvalue weighted by molar-refractivity contribution is 7.08. The Morgan fingerprint density at radius 3 is 2.80 bits per heavy atom. The summed E-state index contributed by atoms with van der Waals surface area (Å²) < 4.78 is 0. The minimum Gasteiger partial charge on any atom is -0.330 e. The van der Waals surface area contributed by atoms with Crippen LogP contribution in [0.3, 0.4) is 0 Å². The van der Waals surface area contributed by atoms with Crippen LogP contribution in [0.15, 0.2) is 16.8 Å². The molecule has 0 atom stereocenters. The van der Waals surface area contributed by atoms with Crippen LogP contribution in [0.25, 0.3) is 0 Å². The lowest BCUT2D eigenvalue weighted by Gasteiger charge is -2.02. The van der Waals surface area contributed by atoms with Crippen LogP contribution < -0.4 is 11.1 Å². The molecule has 1 amide bonds. The van der Waals surface area contributed by atoms with E-state index in [0.717, 1.165) is 37.9 Å². The number of nitrogens with two attached hydrogens (primary N) is 1. The molecule has 0 aliphatic heterocycles. The number of hydrogen-bond acceptors (Lipinski definition) is 3. The van der Waals surface area contributed by atoms with Crippen molar-refractivity contribution in [1.29, 1.82) is 0 Å². The predicted molar refractivity (Wildman–Crippen MR) is 65.1 cm³/mol. The van der Waals surface area contributed by atoms with Gasteiger partial charge in [-0.25, -0.2) is 0 Å². The van der Waals surface area contributed by atoms with Gasteiger partial charge >= 0.3 is 0 Å². The number of rotatable bonds is 7. The van der Waals surface area contributed by atoms with Crippen molar-refractivity contribution in [2.75, 3.05) is 11.9 Å². The van der Waals surface area contributed by atoms with E-state index in [9.17, 15) is 4.79 Å². The summed E-state index contributed by atoms with van der Waals surface area (Å²) in [6.07, 6.45) is 4.85. The van der Waals surface area contributed by atoms with Gasteiger partial charge in [0.05, 0.1) is 5.69 Å². The minimum atomic E-state index is 0.112. The Labute approximate surface area is 94.7 Å². The topological polar surface area (TPSA) is 55.1 Å². The molecule has 0 radical (unpaired) electrons. The fourth-order valence-electron chi connectivity index (χ4n) is 1.34. The van der Waals surface area contributed by atoms with Crippen LogP contribution >= 0.6 is 11.3 Å². The number of amides is 1. The standard InChI is InChI=1S/C11H18N2OS/c12-7-4-2-1-3-5-11(14)13-10-6-8-15-9-10/h6,8-9H,1-5,7,12H2,(H,13,14). The van der Waals surface area contributed by atoms with Gasteiger partial charge in [-0.1, -0.05) is 12.8 Å². The Bertz CT molecular complexity index is 272. The molecule has 1 rings (SSSR count). The van der Waals surface area contributed by atoms with Gasteiger partial charge in [-0.3, -0.25) is 4.79 Å². The monoisotopic (exact) mass is 226 g/mol. The summed E-state index contributed by atoms with van der Waals surface area (Å²) in [5.74, 6) is 0.112. The van der Waals surface area contributed by atoms with Crippen molar-refractivity contribution in [2.45, 2.75) is 32.1 Å². The molecule has 0 aliphatic carbocycles. The molecule has 4 heteroatoms. The summed E-state index contributed by atoms with van der Waals surface area (Å²) in [6.45, 7) is 0.751. The summed E-state index contributed by atoms with van der Waals surface area (Å²) in [5, 5.41) is 6.75. The van der Waals surface area contributed by atoms with Crippen LogP contribution in [0.5, 0.6) is 0 Å². The first-order chi connectivity index (χ1) is 7.33. The molecule has 3 nitrogen and oxygen atoms in total. The fourth-order valence-corrected chi connectivity index (χ4v) is 1.93. The first-order valence-electron chi connectivity index (χ1n) is 5.35. The first kappa shape index (κ1) is 12.2. The fraction of sp³-hybridized carbons (Fsp3) is 0.545. The van der Waals surface area contributed by atoms with Gasteiger partial charge in [0, 0.05) is 11.8 Å². The van der Waals surface area contributed by atoms with Crippen molar-refractivity contribution < 1.29 is 4.79 Å². The molecule has 1 heterocycles. The maximum absolute atomic E-state index is 11.4. The van der Waals surface area contributed by atoms with Crippen LogP contribution in [-0.2, 0) is 4.79 Å². The minimum absolute atomic E-state index is 0.112. The molecular formula is C11H18N2OS. The summed E-state index contributed by atoms with van der Waals surface area (Å²) in [4.78, 5) is 11.4. The maximum atomic E-state index is 11.4. The molecule has 15 heavy (non-hydrogen) atoms. The predicted octanol–water partition coefficient (Wildman–Crippen LogP) is 2.60. The van der Waals surface area contributed by atoms with E-state index in [1.807, 2.05) is 16.8 Å². The van der Waals surface area contributed by atoms with Crippen LogP contribution in [0.4, 0.5) is 5.69 Å². The number of hydrogen-bond donors (Lipinski definition) is 2. The van der Waals surface area contributed by atoms with E-state index in [-0.39, 0.29) is 5.91 Å². The molecule has 0 fully saturated rings. The Morgan fingerprint density at radius 2 is 2.13 bits per heavy atom. The molecule has 1 aromatic heterocycles. The van der Waals surface area contributed by atoms with E-state index in [4.69, 9.17) is 5.73 Å². The van der Waals surface area contributed by atoms with E-state index < -0.39 is 0 Å². The molecule has 3 N–H and O–H groups in total. The van der Waals surface area contributed by atoms with Crippen molar-refractivity contribution in [3.05, 3.63) is 16.8 Å². The van der Waals surface area contributed by atoms with Gasteiger partial charge in [0.15, 0.2) is 0 Å². The lowest BCUT2D eigenvalue weighted by Crippen LogP contribution is -2.10. The summed E-state index contributed by atoms with van der Waals surface area (Å²) >= 11 is 1.59. The van der Waals surface area contributed by atoms with E-state index in [2.05, 4.69) is 5.32 Å². The number of carbonyl (C=O) groups is 1. The third-order valence-electron chi connectivity index (χ3n) is 2.16. The van der Waals surface area contributed by atoms with Crippen LogP contribution in [0, 0.1) is 0 Å². The van der Waals surface area contributed by atoms with Gasteiger partial charge in [-0.2, -0.15) is 11.3 Å². The van der Waals surface area contributed by atoms with Gasteiger partial charge in [-0.15, -0.1) is 0 Å². The van der Waals surface area contributed by atoms with Crippen LogP contribution in [-0.4, -0.2) is 12.5 Å². The highest BCUT2D eigenvalue weighted by atomic mass is 32.1. The molecule has 0 aromatic carbocycles. The first-order valence-corrected chi connectivity index (χ1v) is 6.29. The number of anilines is 1. The van der Waals surface area contributed by atoms with Crippen molar-refractivity contribution >= 4 is 22.9 Å². The molecule has 0 saturated heterocycles. The quantitative estimate of drug-likeness (QED) is 0.702. The average Bonchev–Trinajstić information content (AvgIpc) is 2.70. The summed E-state index contributed by atoms with van der Waals surface area (Å²) in [6, 6.07) is 1.91. The molecule has 0 saturated carbocycles. The molecule has 1 aromatic rings. The lowest BCUT2D eigenvalue weighted by molar-refractivity contribution is -0.116. The number of carbonyl (C=O) groups excluding carboxylic acids is 1. The van der Waals surface area contributed by atoms with Gasteiger partial charge in [0.2, 0.25) is 5.91 Å². The normalized spacial score (nSPS) is 10.2. The second-order valence-corrected chi connectivity index (χ2v) is 4.29. The van der Waals surface area contributed by atoms with E-state index >= 15 is 0 Å². The highest BCUT2D eigenvalue weighted by Gasteiger charge is 2.01. The summed E-state index contributed by atoms with van der Waals surface area (Å²) in [7, 11) is 0. The lowest BCUT2D eigenvalue weighted by atomic mass is 10.1. The Hall–Kier alpha value is -0.870. The van der Waals surface area contributed by atoms with Gasteiger partial charge < -0.3 is 11.1 Å². The number of nitrogens with one attached hydrogen (secondary N) is 1. The molecule has 0 bridgehead atoms. The van der Waals surface area contributed by atoms with E-state index in [0.29, 0.717) is 6.42 Å². The smallest absolute Gasteiger partial charge is 0.224 e. The van der Waals surface area contributed by atoms with Crippen molar-refractivity contribution in [3.8, 4) is 0 Å². The average molecular weight is 226 g/mol. The Balaban J connectivity index is 2.04. The van der Waals surface area contributed by atoms with Crippen LogP contribution in [0.1, 0.15) is 32.1 Å². The maximum Gasteiger partial charge on any atom is 0.224 e. The molecular weight excluding hydrogens is 208 g/mol. The van der Waals surface area contributed by atoms with Crippen molar-refractivity contribution in [2.24, 2.45) is 5.73 Å². The second-order valence-electron chi connectivity index (χ2n) is 3.51. The van der Waals surface area contributed by atoms with Crippen molar-refractivity contribution in [1.82, 2.24) is 0 Å². The molecule has 84 valence electrons. The number of unbranched alkanes of at least 4 members (excludes halogenated alkanes) is 3. The largest absolute Gasteiger partial charge is 0.330 e. The molecule has 0 unspecified atom stereocenters. The zero-order chi connectivity index (χ0) is 10.9. The van der Waals surface area contributed by atoms with Gasteiger partial charge in [0.25, 0.3) is 0 Å². The second kappa shape index (κ2) is 7.43. The highest BCUT2D eigenvalue weighted by Crippen LogP contribution is 2.12. The zero-order valence-electron chi connectivity index (χ0n) is 8.87. The number of thiophene rings is 1. The zero-order valence-corrected chi connectivity index (χ0v) is 9.69. The van der Waals surface area contributed by atoms with Crippen molar-refractivity contribution in [3.63, 3.8) is 0 Å². The molecule has 0 aliphatic rings. The van der Waals surface area contributed by atoms with Crippen LogP contribution in [0.2, 0.25) is 0 Å². The van der Waals surface area contributed by atoms with Gasteiger partial charge in [0.1, 0.15) is 0 Å². The third-order valence-corrected chi connectivity index (χ3v) is 2.85. The molecule has 0 spiro atoms.